The maximum Gasteiger partial charge on any atom is 0.259 e. The highest BCUT2D eigenvalue weighted by Gasteiger charge is 2.26. The second-order valence-corrected chi connectivity index (χ2v) is 6.83. The standard InChI is InChI=1S/C21H22N4O2/c1-15-12-18(13-16(2)22-15)24-8-10-25(11-9-24)21(26)19-14-27-23-20(19)17-6-4-3-5-7-17/h3-7,12-14H,8-11H2,1-2H3. The Morgan fingerprint density at radius 1 is 1.00 bits per heavy atom. The summed E-state index contributed by atoms with van der Waals surface area (Å²) in [5, 5.41) is 4.04. The first-order chi connectivity index (χ1) is 13.1. The number of carbonyl (C=O) groups is 1. The number of rotatable bonds is 3. The van der Waals surface area contributed by atoms with Crippen LogP contribution >= 0.6 is 0 Å². The lowest BCUT2D eigenvalue weighted by Crippen LogP contribution is -2.48. The number of hydrogen-bond acceptors (Lipinski definition) is 5. The number of piperazine rings is 1. The monoisotopic (exact) mass is 362 g/mol. The van der Waals surface area contributed by atoms with Gasteiger partial charge >= 0.3 is 0 Å². The summed E-state index contributed by atoms with van der Waals surface area (Å²) in [7, 11) is 0. The molecular weight excluding hydrogens is 340 g/mol. The molecule has 0 bridgehead atoms. The zero-order chi connectivity index (χ0) is 18.8. The topological polar surface area (TPSA) is 62.5 Å². The number of anilines is 1. The van der Waals surface area contributed by atoms with Gasteiger partial charge in [-0.25, -0.2) is 0 Å². The molecule has 0 saturated carbocycles. The van der Waals surface area contributed by atoms with E-state index in [0.29, 0.717) is 24.3 Å². The van der Waals surface area contributed by atoms with Gasteiger partial charge in [0.25, 0.3) is 5.91 Å². The van der Waals surface area contributed by atoms with Crippen LogP contribution < -0.4 is 4.90 Å². The van der Waals surface area contributed by atoms with Crippen LogP contribution in [0.1, 0.15) is 21.7 Å². The van der Waals surface area contributed by atoms with Crippen molar-refractivity contribution >= 4 is 11.6 Å². The van der Waals surface area contributed by atoms with Crippen LogP contribution in [0.2, 0.25) is 0 Å². The molecule has 0 atom stereocenters. The van der Waals surface area contributed by atoms with Crippen molar-refractivity contribution in [3.63, 3.8) is 0 Å². The van der Waals surface area contributed by atoms with Gasteiger partial charge < -0.3 is 14.3 Å². The average molecular weight is 362 g/mol. The van der Waals surface area contributed by atoms with Crippen molar-refractivity contribution in [3.8, 4) is 11.3 Å². The largest absolute Gasteiger partial charge is 0.368 e. The lowest BCUT2D eigenvalue weighted by Gasteiger charge is -2.36. The Hall–Kier alpha value is -3.15. The predicted octanol–water partition coefficient (Wildman–Crippen LogP) is 3.32. The summed E-state index contributed by atoms with van der Waals surface area (Å²) < 4.78 is 5.11. The Bertz CT molecular complexity index is 924. The third-order valence-electron chi connectivity index (χ3n) is 4.85. The van der Waals surface area contributed by atoms with Crippen LogP contribution in [-0.4, -0.2) is 47.1 Å². The minimum atomic E-state index is -0.0307. The van der Waals surface area contributed by atoms with E-state index in [1.54, 1.807) is 0 Å². The van der Waals surface area contributed by atoms with E-state index in [2.05, 4.69) is 27.2 Å². The molecule has 1 aliphatic heterocycles. The zero-order valence-corrected chi connectivity index (χ0v) is 15.6. The molecular formula is C21H22N4O2. The van der Waals surface area contributed by atoms with Gasteiger partial charge in [-0.15, -0.1) is 0 Å². The molecule has 0 unspecified atom stereocenters. The SMILES string of the molecule is Cc1cc(N2CCN(C(=O)c3conc3-c3ccccc3)CC2)cc(C)n1. The van der Waals surface area contributed by atoms with Gasteiger partial charge in [0.05, 0.1) is 0 Å². The Morgan fingerprint density at radius 2 is 1.67 bits per heavy atom. The van der Waals surface area contributed by atoms with Gasteiger partial charge in [0, 0.05) is 48.8 Å². The molecule has 1 aliphatic rings. The van der Waals surface area contributed by atoms with Crippen LogP contribution in [-0.2, 0) is 0 Å². The van der Waals surface area contributed by atoms with E-state index in [-0.39, 0.29) is 5.91 Å². The first-order valence-electron chi connectivity index (χ1n) is 9.11. The van der Waals surface area contributed by atoms with Gasteiger partial charge in [-0.1, -0.05) is 35.5 Å². The smallest absolute Gasteiger partial charge is 0.259 e. The molecule has 1 amide bonds. The molecule has 1 saturated heterocycles. The molecule has 6 nitrogen and oxygen atoms in total. The van der Waals surface area contributed by atoms with Crippen LogP contribution in [0.4, 0.5) is 5.69 Å². The van der Waals surface area contributed by atoms with Crippen molar-refractivity contribution < 1.29 is 9.32 Å². The van der Waals surface area contributed by atoms with Crippen molar-refractivity contribution in [3.05, 3.63) is 65.7 Å². The maximum absolute atomic E-state index is 13.0. The van der Waals surface area contributed by atoms with Crippen molar-refractivity contribution in [2.24, 2.45) is 0 Å². The average Bonchev–Trinajstić information content (AvgIpc) is 3.17. The summed E-state index contributed by atoms with van der Waals surface area (Å²) in [5.74, 6) is -0.0307. The van der Waals surface area contributed by atoms with Gasteiger partial charge in [-0.2, -0.15) is 0 Å². The van der Waals surface area contributed by atoms with E-state index in [0.717, 1.165) is 30.0 Å². The lowest BCUT2D eigenvalue weighted by atomic mass is 10.1. The van der Waals surface area contributed by atoms with Crippen molar-refractivity contribution in [2.45, 2.75) is 13.8 Å². The van der Waals surface area contributed by atoms with Gasteiger partial charge in [0.15, 0.2) is 0 Å². The van der Waals surface area contributed by atoms with Crippen LogP contribution in [0.5, 0.6) is 0 Å². The van der Waals surface area contributed by atoms with E-state index in [4.69, 9.17) is 4.52 Å². The summed E-state index contributed by atoms with van der Waals surface area (Å²) in [6.07, 6.45) is 1.45. The second-order valence-electron chi connectivity index (χ2n) is 6.83. The Morgan fingerprint density at radius 3 is 2.33 bits per heavy atom. The first-order valence-corrected chi connectivity index (χ1v) is 9.11. The molecule has 1 aromatic carbocycles. The normalized spacial score (nSPS) is 14.4. The molecule has 0 spiro atoms. The minimum absolute atomic E-state index is 0.0307. The van der Waals surface area contributed by atoms with E-state index in [1.165, 1.54) is 12.0 Å². The van der Waals surface area contributed by atoms with Crippen molar-refractivity contribution in [2.75, 3.05) is 31.1 Å². The van der Waals surface area contributed by atoms with E-state index < -0.39 is 0 Å². The fourth-order valence-corrected chi connectivity index (χ4v) is 3.53. The number of benzene rings is 1. The fraction of sp³-hybridized carbons (Fsp3) is 0.286. The molecule has 27 heavy (non-hydrogen) atoms. The summed E-state index contributed by atoms with van der Waals surface area (Å²) >= 11 is 0. The molecule has 3 aromatic rings. The highest BCUT2D eigenvalue weighted by atomic mass is 16.5. The van der Waals surface area contributed by atoms with E-state index >= 15 is 0 Å². The molecule has 0 N–H and O–H groups in total. The van der Waals surface area contributed by atoms with Crippen molar-refractivity contribution in [1.82, 2.24) is 15.0 Å². The molecule has 4 rings (SSSR count). The molecule has 6 heteroatoms. The zero-order valence-electron chi connectivity index (χ0n) is 15.6. The molecule has 138 valence electrons. The highest BCUT2D eigenvalue weighted by Crippen LogP contribution is 2.24. The van der Waals surface area contributed by atoms with Crippen LogP contribution in [0, 0.1) is 13.8 Å². The third kappa shape index (κ3) is 3.56. The van der Waals surface area contributed by atoms with Gasteiger partial charge in [0.2, 0.25) is 0 Å². The molecule has 2 aromatic heterocycles. The fourth-order valence-electron chi connectivity index (χ4n) is 3.53. The van der Waals surface area contributed by atoms with E-state index in [1.807, 2.05) is 49.1 Å². The maximum atomic E-state index is 13.0. The number of carbonyl (C=O) groups excluding carboxylic acids is 1. The Kier molecular flexibility index (Phi) is 4.62. The minimum Gasteiger partial charge on any atom is -0.368 e. The summed E-state index contributed by atoms with van der Waals surface area (Å²) in [4.78, 5) is 21.6. The molecule has 1 fully saturated rings. The number of nitrogens with zero attached hydrogens (tertiary/aromatic N) is 4. The van der Waals surface area contributed by atoms with Crippen LogP contribution in [0.15, 0.2) is 53.3 Å². The highest BCUT2D eigenvalue weighted by molar-refractivity contribution is 5.99. The predicted molar refractivity (Wildman–Crippen MR) is 104 cm³/mol. The molecule has 0 radical (unpaired) electrons. The number of aromatic nitrogens is 2. The summed E-state index contributed by atoms with van der Waals surface area (Å²) in [5.41, 5.74) is 5.20. The van der Waals surface area contributed by atoms with Crippen LogP contribution in [0.3, 0.4) is 0 Å². The second kappa shape index (κ2) is 7.23. The quantitative estimate of drug-likeness (QED) is 0.715. The number of amides is 1. The first kappa shape index (κ1) is 17.3. The van der Waals surface area contributed by atoms with Gasteiger partial charge in [-0.05, 0) is 26.0 Å². The molecule has 3 heterocycles. The number of pyridine rings is 1. The Labute approximate surface area is 158 Å². The van der Waals surface area contributed by atoms with Gasteiger partial charge in [-0.3, -0.25) is 9.78 Å². The molecule has 0 aliphatic carbocycles. The van der Waals surface area contributed by atoms with E-state index in [9.17, 15) is 4.79 Å². The van der Waals surface area contributed by atoms with Crippen molar-refractivity contribution in [1.29, 1.82) is 0 Å². The summed E-state index contributed by atoms with van der Waals surface area (Å²) in [6, 6.07) is 13.8. The third-order valence-corrected chi connectivity index (χ3v) is 4.85. The Balaban J connectivity index is 1.48. The number of hydrogen-bond donors (Lipinski definition) is 0. The van der Waals surface area contributed by atoms with Crippen LogP contribution in [0.25, 0.3) is 11.3 Å². The van der Waals surface area contributed by atoms with Gasteiger partial charge in [0.1, 0.15) is 17.5 Å². The summed E-state index contributed by atoms with van der Waals surface area (Å²) in [6.45, 7) is 6.93. The number of aryl methyl sites for hydroxylation is 2. The lowest BCUT2D eigenvalue weighted by molar-refractivity contribution is 0.0746.